The van der Waals surface area contributed by atoms with E-state index >= 15 is 0 Å². The van der Waals surface area contributed by atoms with Gasteiger partial charge in [-0.15, -0.1) is 0 Å². The number of aliphatic hydroxyl groups excluding tert-OH is 5. The molecule has 0 bridgehead atoms. The van der Waals surface area contributed by atoms with Gasteiger partial charge in [-0.25, -0.2) is 4.79 Å². The molecule has 9 heteroatoms. The maximum absolute atomic E-state index is 11.7. The zero-order valence-electron chi connectivity index (χ0n) is 15.2. The number of nitrogens with one attached hydrogen (secondary N) is 1. The van der Waals surface area contributed by atoms with Crippen LogP contribution in [0, 0.1) is 0 Å². The van der Waals surface area contributed by atoms with Gasteiger partial charge in [-0.3, -0.25) is 0 Å². The van der Waals surface area contributed by atoms with Crippen LogP contribution in [0.25, 0.3) is 0 Å². The number of alkyl carbamates (subject to hydrolysis) is 1. The normalized spacial score (nSPS) is 29.5. The van der Waals surface area contributed by atoms with Crippen molar-refractivity contribution in [1.82, 2.24) is 5.32 Å². The Hall–Kier alpha value is -1.23. The summed E-state index contributed by atoms with van der Waals surface area (Å²) in [4.78, 5) is 11.7. The predicted octanol–water partition coefficient (Wildman–Crippen LogP) is -0.949. The Labute approximate surface area is 153 Å². The molecule has 152 valence electrons. The first kappa shape index (κ1) is 22.8. The first-order chi connectivity index (χ1) is 12.3. The first-order valence-corrected chi connectivity index (χ1v) is 8.91. The molecule has 0 aliphatic heterocycles. The Morgan fingerprint density at radius 2 is 1.92 bits per heavy atom. The molecule has 0 spiro atoms. The lowest BCUT2D eigenvalue weighted by atomic mass is 10.0. The predicted molar refractivity (Wildman–Crippen MR) is 92.4 cm³/mol. The molecular formula is C17H31NO8. The smallest absolute Gasteiger partial charge is 0.407 e. The van der Waals surface area contributed by atoms with Gasteiger partial charge in [0.25, 0.3) is 0 Å². The van der Waals surface area contributed by atoms with Crippen molar-refractivity contribution in [3.8, 4) is 0 Å². The third kappa shape index (κ3) is 7.18. The second kappa shape index (κ2) is 11.5. The molecule has 6 N–H and O–H groups in total. The number of rotatable bonds is 9. The van der Waals surface area contributed by atoms with Crippen molar-refractivity contribution in [2.24, 2.45) is 0 Å². The van der Waals surface area contributed by atoms with Crippen molar-refractivity contribution >= 4 is 6.09 Å². The Morgan fingerprint density at radius 3 is 2.54 bits per heavy atom. The monoisotopic (exact) mass is 377 g/mol. The van der Waals surface area contributed by atoms with E-state index < -0.39 is 48.8 Å². The van der Waals surface area contributed by atoms with Crippen molar-refractivity contribution < 1.29 is 39.8 Å². The molecule has 0 aromatic heterocycles. The van der Waals surface area contributed by atoms with Crippen LogP contribution in [0.15, 0.2) is 12.2 Å². The number of hydrogen-bond acceptors (Lipinski definition) is 8. The van der Waals surface area contributed by atoms with Gasteiger partial charge in [0.15, 0.2) is 0 Å². The SMILES string of the molecule is CCOC(=O)NC(COC1C=CCC(O)C(O)C1O)C(O)CC(O)CC. The summed E-state index contributed by atoms with van der Waals surface area (Å²) in [5, 5.41) is 52.1. The van der Waals surface area contributed by atoms with Gasteiger partial charge in [-0.2, -0.15) is 0 Å². The zero-order valence-corrected chi connectivity index (χ0v) is 15.2. The lowest BCUT2D eigenvalue weighted by Gasteiger charge is -2.29. The van der Waals surface area contributed by atoms with Gasteiger partial charge in [0.05, 0.1) is 37.6 Å². The van der Waals surface area contributed by atoms with E-state index in [1.807, 2.05) is 0 Å². The Balaban J connectivity index is 2.72. The Kier molecular flexibility index (Phi) is 10.1. The van der Waals surface area contributed by atoms with E-state index in [0.717, 1.165) is 0 Å². The van der Waals surface area contributed by atoms with E-state index in [-0.39, 0.29) is 26.1 Å². The number of carbonyl (C=O) groups excluding carboxylic acids is 1. The molecule has 0 aromatic rings. The van der Waals surface area contributed by atoms with E-state index in [2.05, 4.69) is 5.32 Å². The average Bonchev–Trinajstić information content (AvgIpc) is 2.72. The van der Waals surface area contributed by atoms with Gasteiger partial charge in [0, 0.05) is 6.42 Å². The number of aliphatic hydroxyl groups is 5. The molecule has 0 saturated carbocycles. The summed E-state index contributed by atoms with van der Waals surface area (Å²) in [6.07, 6.45) is -3.59. The average molecular weight is 377 g/mol. The van der Waals surface area contributed by atoms with Crippen LogP contribution in [0.2, 0.25) is 0 Å². The van der Waals surface area contributed by atoms with E-state index in [9.17, 15) is 30.3 Å². The second-order valence-electron chi connectivity index (χ2n) is 6.35. The van der Waals surface area contributed by atoms with Gasteiger partial charge >= 0.3 is 6.09 Å². The van der Waals surface area contributed by atoms with Gasteiger partial charge in [-0.1, -0.05) is 19.1 Å². The van der Waals surface area contributed by atoms with Crippen molar-refractivity contribution in [3.05, 3.63) is 12.2 Å². The summed E-state index contributed by atoms with van der Waals surface area (Å²) < 4.78 is 10.4. The maximum atomic E-state index is 11.7. The highest BCUT2D eigenvalue weighted by atomic mass is 16.5. The van der Waals surface area contributed by atoms with Crippen LogP contribution in [0.1, 0.15) is 33.1 Å². The van der Waals surface area contributed by atoms with Crippen LogP contribution >= 0.6 is 0 Å². The molecule has 7 unspecified atom stereocenters. The third-order valence-electron chi connectivity index (χ3n) is 4.28. The molecule has 0 radical (unpaired) electrons. The van der Waals surface area contributed by atoms with Crippen molar-refractivity contribution in [2.75, 3.05) is 13.2 Å². The standard InChI is InChI=1S/C17H31NO8/c1-3-10(19)8-13(21)11(18-17(24)25-4-2)9-26-14-7-5-6-12(20)15(22)16(14)23/h5,7,10-16,19-23H,3-4,6,8-9H2,1-2H3,(H,18,24). The second-order valence-corrected chi connectivity index (χ2v) is 6.35. The fourth-order valence-corrected chi connectivity index (χ4v) is 2.58. The minimum absolute atomic E-state index is 0.0291. The van der Waals surface area contributed by atoms with E-state index in [0.29, 0.717) is 6.42 Å². The highest BCUT2D eigenvalue weighted by Crippen LogP contribution is 2.17. The highest BCUT2D eigenvalue weighted by molar-refractivity contribution is 5.67. The summed E-state index contributed by atoms with van der Waals surface area (Å²) >= 11 is 0. The quantitative estimate of drug-likeness (QED) is 0.282. The molecule has 0 saturated heterocycles. The molecule has 9 nitrogen and oxygen atoms in total. The first-order valence-electron chi connectivity index (χ1n) is 8.91. The minimum atomic E-state index is -1.38. The van der Waals surface area contributed by atoms with Crippen molar-refractivity contribution in [2.45, 2.75) is 75.8 Å². The van der Waals surface area contributed by atoms with Crippen LogP contribution in [-0.4, -0.2) is 87.5 Å². The largest absolute Gasteiger partial charge is 0.450 e. The summed E-state index contributed by atoms with van der Waals surface area (Å²) in [7, 11) is 0. The van der Waals surface area contributed by atoms with E-state index in [1.165, 1.54) is 6.08 Å². The summed E-state index contributed by atoms with van der Waals surface area (Å²) in [5.41, 5.74) is 0. The molecule has 1 amide bonds. The fraction of sp³-hybridized carbons (Fsp3) is 0.824. The molecular weight excluding hydrogens is 346 g/mol. The number of hydrogen-bond donors (Lipinski definition) is 6. The molecule has 26 heavy (non-hydrogen) atoms. The summed E-state index contributed by atoms with van der Waals surface area (Å²) in [6.45, 7) is 3.37. The number of ether oxygens (including phenoxy) is 2. The van der Waals surface area contributed by atoms with Crippen LogP contribution in [0.5, 0.6) is 0 Å². The Bertz CT molecular complexity index is 446. The summed E-state index contributed by atoms with van der Waals surface area (Å²) in [5.74, 6) is 0. The summed E-state index contributed by atoms with van der Waals surface area (Å²) in [6, 6.07) is -0.888. The van der Waals surface area contributed by atoms with Crippen LogP contribution in [0.4, 0.5) is 4.79 Å². The van der Waals surface area contributed by atoms with Crippen LogP contribution in [-0.2, 0) is 9.47 Å². The lowest BCUT2D eigenvalue weighted by molar-refractivity contribution is -0.110. The zero-order chi connectivity index (χ0) is 19.7. The number of amides is 1. The molecule has 0 aromatic carbocycles. The fourth-order valence-electron chi connectivity index (χ4n) is 2.58. The number of carbonyl (C=O) groups is 1. The minimum Gasteiger partial charge on any atom is -0.450 e. The Morgan fingerprint density at radius 1 is 1.23 bits per heavy atom. The van der Waals surface area contributed by atoms with E-state index in [1.54, 1.807) is 19.9 Å². The molecule has 1 aliphatic carbocycles. The van der Waals surface area contributed by atoms with Gasteiger partial charge in [0.2, 0.25) is 0 Å². The molecule has 7 atom stereocenters. The molecule has 1 rings (SSSR count). The van der Waals surface area contributed by atoms with E-state index in [4.69, 9.17) is 9.47 Å². The van der Waals surface area contributed by atoms with Gasteiger partial charge in [-0.05, 0) is 19.8 Å². The topological polar surface area (TPSA) is 149 Å². The third-order valence-corrected chi connectivity index (χ3v) is 4.28. The van der Waals surface area contributed by atoms with Crippen LogP contribution in [0.3, 0.4) is 0 Å². The van der Waals surface area contributed by atoms with Crippen molar-refractivity contribution in [1.29, 1.82) is 0 Å². The van der Waals surface area contributed by atoms with Gasteiger partial charge < -0.3 is 40.3 Å². The lowest BCUT2D eigenvalue weighted by Crippen LogP contribution is -2.50. The molecule has 0 fully saturated rings. The molecule has 0 heterocycles. The highest BCUT2D eigenvalue weighted by Gasteiger charge is 2.34. The maximum Gasteiger partial charge on any atom is 0.407 e. The van der Waals surface area contributed by atoms with Crippen LogP contribution < -0.4 is 5.32 Å². The van der Waals surface area contributed by atoms with Crippen molar-refractivity contribution in [3.63, 3.8) is 0 Å². The van der Waals surface area contributed by atoms with Gasteiger partial charge in [0.1, 0.15) is 18.3 Å². The molecule has 1 aliphatic rings.